The highest BCUT2D eigenvalue weighted by molar-refractivity contribution is 6.42. The Hall–Kier alpha value is -4.58. The van der Waals surface area contributed by atoms with Crippen LogP contribution in [0.25, 0.3) is 0 Å². The van der Waals surface area contributed by atoms with Crippen LogP contribution in [0.2, 0.25) is 0 Å². The first kappa shape index (κ1) is 25.5. The Labute approximate surface area is 212 Å². The number of nitrogen functional groups attached to an aromatic ring is 1. The highest BCUT2D eigenvalue weighted by Crippen LogP contribution is 2.32. The van der Waals surface area contributed by atoms with E-state index >= 15 is 0 Å². The summed E-state index contributed by atoms with van der Waals surface area (Å²) >= 11 is 0. The summed E-state index contributed by atoms with van der Waals surface area (Å²) in [7, 11) is 1.19. The summed E-state index contributed by atoms with van der Waals surface area (Å²) < 4.78 is 4.78. The quantitative estimate of drug-likeness (QED) is 0.185. The minimum atomic E-state index is -1.14. The van der Waals surface area contributed by atoms with Crippen LogP contribution in [0.3, 0.4) is 0 Å². The molecular formula is C25H27N7O5. The largest absolute Gasteiger partial charge is 0.467 e. The van der Waals surface area contributed by atoms with Gasteiger partial charge < -0.3 is 31.7 Å². The predicted octanol–water partition coefficient (Wildman–Crippen LogP) is 0.414. The molecule has 0 saturated carbocycles. The standard InChI is InChI=1S/C25H27N7O5/c1-36-25(35)19(31-24(34)22-21(26)16-4-2-3-5-17(16)30-22)12-29-20(33)11-15-10-18(32-37-15)13-6-8-14(9-7-13)23(27)28/h2-9,15,19,21H,10-12,26H2,1H3,(H3,27,28)(H,29,33)(H,31,34). The van der Waals surface area contributed by atoms with Gasteiger partial charge in [-0.15, -0.1) is 0 Å². The van der Waals surface area contributed by atoms with Gasteiger partial charge in [-0.25, -0.2) is 9.79 Å². The molecule has 12 heteroatoms. The maximum atomic E-state index is 12.8. The third kappa shape index (κ3) is 5.81. The second-order valence-electron chi connectivity index (χ2n) is 8.55. The molecule has 2 aromatic carbocycles. The molecule has 192 valence electrons. The number of carbonyl (C=O) groups is 3. The number of ether oxygens (including phenoxy) is 1. The Balaban J connectivity index is 1.29. The molecule has 0 fully saturated rings. The van der Waals surface area contributed by atoms with Crippen LogP contribution in [-0.4, -0.2) is 60.8 Å². The van der Waals surface area contributed by atoms with Crippen LogP contribution in [0.4, 0.5) is 5.69 Å². The number of carbonyl (C=O) groups excluding carboxylic acids is 3. The first-order chi connectivity index (χ1) is 17.8. The van der Waals surface area contributed by atoms with E-state index < -0.39 is 30.1 Å². The van der Waals surface area contributed by atoms with Crippen molar-refractivity contribution in [2.75, 3.05) is 13.7 Å². The van der Waals surface area contributed by atoms with Crippen LogP contribution in [0.15, 0.2) is 58.7 Å². The number of para-hydroxylation sites is 1. The topological polar surface area (TPSA) is 194 Å². The van der Waals surface area contributed by atoms with Crippen LogP contribution in [0, 0.1) is 5.41 Å². The molecule has 2 aromatic rings. The molecule has 0 bridgehead atoms. The summed E-state index contributed by atoms with van der Waals surface area (Å²) in [4.78, 5) is 47.3. The number of amidine groups is 1. The lowest BCUT2D eigenvalue weighted by atomic mass is 10.0. The monoisotopic (exact) mass is 505 g/mol. The molecule has 7 N–H and O–H groups in total. The second-order valence-corrected chi connectivity index (χ2v) is 8.55. The SMILES string of the molecule is COC(=O)C(CNC(=O)CC1CC(c2ccc(C(=N)N)cc2)=NO1)NC(=O)C1=Nc2ccccc2C1N. The van der Waals surface area contributed by atoms with E-state index in [2.05, 4.69) is 20.8 Å². The Kier molecular flexibility index (Phi) is 7.58. The lowest BCUT2D eigenvalue weighted by Crippen LogP contribution is -2.51. The number of hydrogen-bond acceptors (Lipinski definition) is 9. The van der Waals surface area contributed by atoms with Crippen LogP contribution < -0.4 is 22.1 Å². The Bertz CT molecular complexity index is 1290. The van der Waals surface area contributed by atoms with Gasteiger partial charge in [-0.3, -0.25) is 15.0 Å². The molecule has 4 rings (SSSR count). The third-order valence-electron chi connectivity index (χ3n) is 6.01. The molecule has 3 unspecified atom stereocenters. The van der Waals surface area contributed by atoms with E-state index in [1.807, 2.05) is 0 Å². The summed E-state index contributed by atoms with van der Waals surface area (Å²) in [5.74, 6) is -1.77. The lowest BCUT2D eigenvalue weighted by Gasteiger charge is -2.18. The number of benzene rings is 2. The number of hydrogen-bond donors (Lipinski definition) is 5. The number of methoxy groups -OCH3 is 1. The average molecular weight is 506 g/mol. The van der Waals surface area contributed by atoms with Gasteiger partial charge in [-0.1, -0.05) is 47.6 Å². The minimum Gasteiger partial charge on any atom is -0.467 e. The Morgan fingerprint density at radius 1 is 1.19 bits per heavy atom. The molecule has 0 aromatic heterocycles. The lowest BCUT2D eigenvalue weighted by molar-refractivity contribution is -0.144. The molecule has 2 amide bonds. The van der Waals surface area contributed by atoms with Gasteiger partial charge in [0, 0.05) is 24.1 Å². The fourth-order valence-corrected chi connectivity index (χ4v) is 4.00. The Morgan fingerprint density at radius 3 is 2.59 bits per heavy atom. The first-order valence-electron chi connectivity index (χ1n) is 11.5. The summed E-state index contributed by atoms with van der Waals surface area (Å²) in [6.07, 6.45) is -0.0896. The van der Waals surface area contributed by atoms with E-state index in [1.165, 1.54) is 7.11 Å². The number of fused-ring (bicyclic) bond motifs is 1. The molecule has 2 aliphatic rings. The number of nitrogens with two attached hydrogens (primary N) is 2. The third-order valence-corrected chi connectivity index (χ3v) is 6.01. The van der Waals surface area contributed by atoms with E-state index in [9.17, 15) is 14.4 Å². The normalized spacial score (nSPS) is 18.5. The highest BCUT2D eigenvalue weighted by Gasteiger charge is 2.32. The number of oxime groups is 1. The summed E-state index contributed by atoms with van der Waals surface area (Å²) in [6.45, 7) is -0.195. The zero-order chi connectivity index (χ0) is 26.5. The minimum absolute atomic E-state index is 0.00669. The van der Waals surface area contributed by atoms with E-state index in [4.69, 9.17) is 26.5 Å². The summed E-state index contributed by atoms with van der Waals surface area (Å²) in [5.41, 5.74) is 15.1. The Morgan fingerprint density at radius 2 is 1.92 bits per heavy atom. The zero-order valence-electron chi connectivity index (χ0n) is 20.1. The van der Waals surface area contributed by atoms with E-state index in [-0.39, 0.29) is 30.4 Å². The highest BCUT2D eigenvalue weighted by atomic mass is 16.6. The molecular weight excluding hydrogens is 478 g/mol. The van der Waals surface area contributed by atoms with Crippen LogP contribution >= 0.6 is 0 Å². The second kappa shape index (κ2) is 11.0. The van der Waals surface area contributed by atoms with E-state index in [0.29, 0.717) is 28.9 Å². The smallest absolute Gasteiger partial charge is 0.330 e. The number of nitrogens with one attached hydrogen (secondary N) is 3. The number of amides is 2. The fraction of sp³-hybridized carbons (Fsp3) is 0.280. The maximum absolute atomic E-state index is 12.8. The molecule has 0 spiro atoms. The fourth-order valence-electron chi connectivity index (χ4n) is 4.00. The van der Waals surface area contributed by atoms with Gasteiger partial charge in [0.05, 0.1) is 31.0 Å². The van der Waals surface area contributed by atoms with Crippen molar-refractivity contribution in [2.45, 2.75) is 31.0 Å². The van der Waals surface area contributed by atoms with Crippen molar-refractivity contribution in [1.82, 2.24) is 10.6 Å². The van der Waals surface area contributed by atoms with Gasteiger partial charge in [-0.2, -0.15) is 0 Å². The molecule has 37 heavy (non-hydrogen) atoms. The van der Waals surface area contributed by atoms with Gasteiger partial charge in [0.2, 0.25) is 5.91 Å². The molecule has 0 aliphatic carbocycles. The molecule has 2 aliphatic heterocycles. The predicted molar refractivity (Wildman–Crippen MR) is 136 cm³/mol. The number of rotatable bonds is 9. The molecule has 2 heterocycles. The first-order valence-corrected chi connectivity index (χ1v) is 11.5. The van der Waals surface area contributed by atoms with Crippen molar-refractivity contribution in [1.29, 1.82) is 5.41 Å². The van der Waals surface area contributed by atoms with Crippen molar-refractivity contribution in [3.8, 4) is 0 Å². The van der Waals surface area contributed by atoms with Crippen LogP contribution in [0.5, 0.6) is 0 Å². The van der Waals surface area contributed by atoms with Gasteiger partial charge in [-0.05, 0) is 11.6 Å². The van der Waals surface area contributed by atoms with Gasteiger partial charge in [0.1, 0.15) is 23.7 Å². The summed E-state index contributed by atoms with van der Waals surface area (Å²) in [6, 6.07) is 12.2. The van der Waals surface area contributed by atoms with E-state index in [1.54, 1.807) is 48.5 Å². The number of esters is 1. The zero-order valence-corrected chi connectivity index (χ0v) is 20.1. The summed E-state index contributed by atoms with van der Waals surface area (Å²) in [5, 5.41) is 16.7. The van der Waals surface area contributed by atoms with Gasteiger partial charge >= 0.3 is 5.97 Å². The number of aliphatic imine (C=N–C) groups is 1. The van der Waals surface area contributed by atoms with Crippen molar-refractivity contribution in [2.24, 2.45) is 21.6 Å². The van der Waals surface area contributed by atoms with E-state index in [0.717, 1.165) is 5.56 Å². The molecule has 0 saturated heterocycles. The van der Waals surface area contributed by atoms with Gasteiger partial charge in [0.15, 0.2) is 0 Å². The van der Waals surface area contributed by atoms with Crippen molar-refractivity contribution in [3.63, 3.8) is 0 Å². The average Bonchev–Trinajstić information content (AvgIpc) is 3.50. The molecule has 3 atom stereocenters. The van der Waals surface area contributed by atoms with Crippen molar-refractivity contribution < 1.29 is 24.0 Å². The van der Waals surface area contributed by atoms with Crippen molar-refractivity contribution in [3.05, 3.63) is 65.2 Å². The van der Waals surface area contributed by atoms with Crippen LogP contribution in [-0.2, 0) is 24.0 Å². The van der Waals surface area contributed by atoms with Gasteiger partial charge in [0.25, 0.3) is 5.91 Å². The number of nitrogens with zero attached hydrogens (tertiary/aromatic N) is 2. The molecule has 12 nitrogen and oxygen atoms in total. The van der Waals surface area contributed by atoms with Crippen LogP contribution in [0.1, 0.15) is 35.6 Å². The maximum Gasteiger partial charge on any atom is 0.330 e. The molecule has 0 radical (unpaired) electrons. The van der Waals surface area contributed by atoms with Crippen molar-refractivity contribution >= 4 is 40.7 Å².